The maximum absolute atomic E-state index is 11.3. The predicted octanol–water partition coefficient (Wildman–Crippen LogP) is 0.146. The molecule has 0 aliphatic rings. The Morgan fingerprint density at radius 1 is 1.64 bits per heavy atom. The number of hydrazone groups is 1. The van der Waals surface area contributed by atoms with E-state index in [1.54, 1.807) is 30.6 Å². The Morgan fingerprint density at radius 2 is 2.50 bits per heavy atom. The molecule has 0 aromatic carbocycles. The topological polar surface area (TPSA) is 80.4 Å². The van der Waals surface area contributed by atoms with E-state index < -0.39 is 0 Å². The lowest BCUT2D eigenvalue weighted by atomic mass is 10.3. The van der Waals surface area contributed by atoms with E-state index in [0.717, 1.165) is 0 Å². The van der Waals surface area contributed by atoms with Crippen molar-refractivity contribution in [2.24, 2.45) is 10.8 Å². The fourth-order valence-electron chi connectivity index (χ4n) is 0.798. The molecule has 0 bridgehead atoms. The standard InChI is InChI=1S/C9H12N4O/c10-5-3-7-12-13-9(14)8-4-1-2-6-11-8/h1-2,4,6-7H,3,5,10H2,(H,13,14). The van der Waals surface area contributed by atoms with Gasteiger partial charge in [-0.25, -0.2) is 5.43 Å². The third kappa shape index (κ3) is 3.32. The fraction of sp³-hybridized carbons (Fsp3) is 0.222. The summed E-state index contributed by atoms with van der Waals surface area (Å²) in [5, 5.41) is 3.69. The Balaban J connectivity index is 2.44. The van der Waals surface area contributed by atoms with Crippen LogP contribution in [0.4, 0.5) is 0 Å². The van der Waals surface area contributed by atoms with Crippen LogP contribution in [0.3, 0.4) is 0 Å². The molecule has 74 valence electrons. The van der Waals surface area contributed by atoms with Gasteiger partial charge < -0.3 is 5.73 Å². The van der Waals surface area contributed by atoms with Crippen LogP contribution in [0.25, 0.3) is 0 Å². The summed E-state index contributed by atoms with van der Waals surface area (Å²) in [7, 11) is 0. The van der Waals surface area contributed by atoms with E-state index in [9.17, 15) is 4.79 Å². The number of pyridine rings is 1. The molecule has 0 saturated heterocycles. The van der Waals surface area contributed by atoms with Gasteiger partial charge in [-0.05, 0) is 25.1 Å². The average Bonchev–Trinajstić information content (AvgIpc) is 2.25. The van der Waals surface area contributed by atoms with Crippen LogP contribution in [-0.4, -0.2) is 23.7 Å². The van der Waals surface area contributed by atoms with Gasteiger partial charge in [0, 0.05) is 12.4 Å². The molecule has 0 unspecified atom stereocenters. The van der Waals surface area contributed by atoms with Crippen LogP contribution in [0.15, 0.2) is 29.5 Å². The first-order valence-corrected chi connectivity index (χ1v) is 4.27. The van der Waals surface area contributed by atoms with Crippen molar-refractivity contribution in [2.45, 2.75) is 6.42 Å². The molecule has 0 atom stereocenters. The lowest BCUT2D eigenvalue weighted by Crippen LogP contribution is -2.18. The monoisotopic (exact) mass is 192 g/mol. The minimum Gasteiger partial charge on any atom is -0.330 e. The minimum atomic E-state index is -0.320. The summed E-state index contributed by atoms with van der Waals surface area (Å²) in [6, 6.07) is 5.10. The largest absolute Gasteiger partial charge is 0.330 e. The van der Waals surface area contributed by atoms with E-state index in [1.165, 1.54) is 0 Å². The number of hydrogen-bond donors (Lipinski definition) is 2. The molecule has 5 heteroatoms. The highest BCUT2D eigenvalue weighted by Crippen LogP contribution is 1.91. The zero-order valence-electron chi connectivity index (χ0n) is 7.68. The summed E-state index contributed by atoms with van der Waals surface area (Å²) in [4.78, 5) is 15.2. The van der Waals surface area contributed by atoms with Crippen LogP contribution >= 0.6 is 0 Å². The SMILES string of the molecule is NCCC=NNC(=O)c1ccccn1. The lowest BCUT2D eigenvalue weighted by Gasteiger charge is -1.96. The zero-order chi connectivity index (χ0) is 10.2. The van der Waals surface area contributed by atoms with Crippen molar-refractivity contribution in [3.63, 3.8) is 0 Å². The van der Waals surface area contributed by atoms with Crippen molar-refractivity contribution in [3.8, 4) is 0 Å². The van der Waals surface area contributed by atoms with Crippen LogP contribution in [0, 0.1) is 0 Å². The zero-order valence-corrected chi connectivity index (χ0v) is 7.68. The van der Waals surface area contributed by atoms with Crippen LogP contribution in [0.5, 0.6) is 0 Å². The second-order valence-electron chi connectivity index (χ2n) is 2.54. The van der Waals surface area contributed by atoms with E-state index in [1.807, 2.05) is 0 Å². The molecule has 14 heavy (non-hydrogen) atoms. The molecule has 3 N–H and O–H groups in total. The molecule has 1 heterocycles. The average molecular weight is 192 g/mol. The number of carbonyl (C=O) groups is 1. The summed E-state index contributed by atoms with van der Waals surface area (Å²) in [6.45, 7) is 0.517. The van der Waals surface area contributed by atoms with Gasteiger partial charge >= 0.3 is 0 Å². The summed E-state index contributed by atoms with van der Waals surface area (Å²) >= 11 is 0. The maximum atomic E-state index is 11.3. The molecule has 5 nitrogen and oxygen atoms in total. The molecule has 0 aliphatic carbocycles. The Bertz CT molecular complexity index is 310. The summed E-state index contributed by atoms with van der Waals surface area (Å²) in [5.74, 6) is -0.320. The highest BCUT2D eigenvalue weighted by atomic mass is 16.2. The third-order valence-electron chi connectivity index (χ3n) is 1.45. The Labute approximate surface area is 82.0 Å². The number of nitrogens with one attached hydrogen (secondary N) is 1. The number of rotatable bonds is 4. The molecule has 0 spiro atoms. The van der Waals surface area contributed by atoms with Crippen molar-refractivity contribution in [3.05, 3.63) is 30.1 Å². The van der Waals surface area contributed by atoms with Crippen molar-refractivity contribution >= 4 is 12.1 Å². The first kappa shape index (κ1) is 10.3. The molecule has 1 aromatic rings. The van der Waals surface area contributed by atoms with Gasteiger partial charge in [0.1, 0.15) is 5.69 Å². The molecule has 1 aromatic heterocycles. The van der Waals surface area contributed by atoms with Gasteiger partial charge in [0.15, 0.2) is 0 Å². The van der Waals surface area contributed by atoms with Crippen LogP contribution in [-0.2, 0) is 0 Å². The lowest BCUT2D eigenvalue weighted by molar-refractivity contribution is 0.0950. The van der Waals surface area contributed by atoms with Gasteiger partial charge in [0.2, 0.25) is 0 Å². The van der Waals surface area contributed by atoms with E-state index in [0.29, 0.717) is 18.7 Å². The Morgan fingerprint density at radius 3 is 3.14 bits per heavy atom. The molecule has 0 aliphatic heterocycles. The van der Waals surface area contributed by atoms with Gasteiger partial charge in [0.05, 0.1) is 0 Å². The molecule has 1 amide bonds. The molecular formula is C9H12N4O. The number of amides is 1. The molecular weight excluding hydrogens is 180 g/mol. The first-order chi connectivity index (χ1) is 6.84. The summed E-state index contributed by atoms with van der Waals surface area (Å²) in [6.07, 6.45) is 3.75. The van der Waals surface area contributed by atoms with Gasteiger partial charge in [-0.15, -0.1) is 0 Å². The molecule has 0 fully saturated rings. The predicted molar refractivity (Wildman–Crippen MR) is 53.9 cm³/mol. The Hall–Kier alpha value is -1.75. The maximum Gasteiger partial charge on any atom is 0.289 e. The quantitative estimate of drug-likeness (QED) is 0.526. The van der Waals surface area contributed by atoms with Crippen LogP contribution < -0.4 is 11.2 Å². The van der Waals surface area contributed by atoms with E-state index in [2.05, 4.69) is 15.5 Å². The second kappa shape index (κ2) is 5.82. The summed E-state index contributed by atoms with van der Waals surface area (Å²) < 4.78 is 0. The van der Waals surface area contributed by atoms with Crippen molar-refractivity contribution in [1.29, 1.82) is 0 Å². The highest BCUT2D eigenvalue weighted by molar-refractivity contribution is 5.92. The van der Waals surface area contributed by atoms with E-state index in [4.69, 9.17) is 5.73 Å². The van der Waals surface area contributed by atoms with Gasteiger partial charge in [-0.1, -0.05) is 6.07 Å². The molecule has 0 saturated carbocycles. The Kier molecular flexibility index (Phi) is 4.30. The van der Waals surface area contributed by atoms with Crippen LogP contribution in [0.1, 0.15) is 16.9 Å². The fourth-order valence-corrected chi connectivity index (χ4v) is 0.798. The van der Waals surface area contributed by atoms with Crippen LogP contribution in [0.2, 0.25) is 0 Å². The third-order valence-corrected chi connectivity index (χ3v) is 1.45. The van der Waals surface area contributed by atoms with Gasteiger partial charge in [0.25, 0.3) is 5.91 Å². The van der Waals surface area contributed by atoms with E-state index >= 15 is 0 Å². The number of hydrogen-bond acceptors (Lipinski definition) is 4. The summed E-state index contributed by atoms with van der Waals surface area (Å²) in [5.41, 5.74) is 7.93. The highest BCUT2D eigenvalue weighted by Gasteiger charge is 2.02. The smallest absolute Gasteiger partial charge is 0.289 e. The molecule has 1 rings (SSSR count). The number of aromatic nitrogens is 1. The van der Waals surface area contributed by atoms with Crippen molar-refractivity contribution in [1.82, 2.24) is 10.4 Å². The number of carbonyl (C=O) groups excluding carboxylic acids is 1. The number of nitrogens with two attached hydrogens (primary N) is 1. The van der Waals surface area contributed by atoms with Crippen molar-refractivity contribution < 1.29 is 4.79 Å². The second-order valence-corrected chi connectivity index (χ2v) is 2.54. The number of nitrogens with zero attached hydrogens (tertiary/aromatic N) is 2. The molecule has 0 radical (unpaired) electrons. The van der Waals surface area contributed by atoms with Gasteiger partial charge in [-0.3, -0.25) is 9.78 Å². The van der Waals surface area contributed by atoms with Gasteiger partial charge in [-0.2, -0.15) is 5.10 Å². The normalized spacial score (nSPS) is 10.4. The minimum absolute atomic E-state index is 0.320. The van der Waals surface area contributed by atoms with E-state index in [-0.39, 0.29) is 5.91 Å². The first-order valence-electron chi connectivity index (χ1n) is 4.27. The van der Waals surface area contributed by atoms with Crippen molar-refractivity contribution in [2.75, 3.05) is 6.54 Å².